The first kappa shape index (κ1) is 13.1. The molecule has 0 spiro atoms. The molecule has 15 heavy (non-hydrogen) atoms. The van der Waals surface area contributed by atoms with Gasteiger partial charge < -0.3 is 5.32 Å². The van der Waals surface area contributed by atoms with Crippen molar-refractivity contribution in [3.05, 3.63) is 33.8 Å². The Labute approximate surface area is 106 Å². The lowest BCUT2D eigenvalue weighted by Crippen LogP contribution is -2.22. The van der Waals surface area contributed by atoms with Gasteiger partial charge in [0.05, 0.1) is 0 Å². The highest BCUT2D eigenvalue weighted by atomic mass is 35.5. The van der Waals surface area contributed by atoms with Crippen LogP contribution in [0.1, 0.15) is 18.9 Å². The molecule has 1 unspecified atom stereocenters. The number of rotatable bonds is 5. The molecule has 0 radical (unpaired) electrons. The van der Waals surface area contributed by atoms with E-state index in [1.807, 2.05) is 18.2 Å². The highest BCUT2D eigenvalue weighted by Gasteiger charge is 2.06. The molecule has 0 bridgehead atoms. The lowest BCUT2D eigenvalue weighted by atomic mass is 10.2. The molecule has 1 nitrogen and oxygen atoms in total. The summed E-state index contributed by atoms with van der Waals surface area (Å²) in [7, 11) is 0. The maximum atomic E-state index is 6.02. The number of halogens is 3. The fraction of sp³-hybridized carbons (Fsp3) is 0.455. The van der Waals surface area contributed by atoms with Gasteiger partial charge >= 0.3 is 0 Å². The average molecular weight is 267 g/mol. The van der Waals surface area contributed by atoms with Gasteiger partial charge in [-0.1, -0.05) is 36.2 Å². The molecular formula is C11H14Cl3N. The SMILES string of the molecule is CCC(Cl)CNCc1c(Cl)cccc1Cl. The van der Waals surface area contributed by atoms with Gasteiger partial charge in [0.2, 0.25) is 0 Å². The molecule has 0 aliphatic heterocycles. The first-order chi connectivity index (χ1) is 7.15. The van der Waals surface area contributed by atoms with Crippen LogP contribution in [-0.4, -0.2) is 11.9 Å². The van der Waals surface area contributed by atoms with Gasteiger partial charge in [-0.15, -0.1) is 11.6 Å². The summed E-state index contributed by atoms with van der Waals surface area (Å²) in [5.41, 5.74) is 0.931. The molecule has 1 aromatic rings. The van der Waals surface area contributed by atoms with Gasteiger partial charge in [-0.2, -0.15) is 0 Å². The third kappa shape index (κ3) is 4.20. The van der Waals surface area contributed by atoms with E-state index in [0.29, 0.717) is 16.6 Å². The Hall–Kier alpha value is 0.0500. The van der Waals surface area contributed by atoms with Crippen LogP contribution in [0.2, 0.25) is 10.0 Å². The van der Waals surface area contributed by atoms with Crippen molar-refractivity contribution in [1.29, 1.82) is 0 Å². The predicted molar refractivity (Wildman–Crippen MR) is 68.1 cm³/mol. The molecule has 1 aromatic carbocycles. The van der Waals surface area contributed by atoms with Gasteiger partial charge in [0.1, 0.15) is 0 Å². The van der Waals surface area contributed by atoms with Crippen LogP contribution in [-0.2, 0) is 6.54 Å². The fourth-order valence-corrected chi connectivity index (χ4v) is 1.84. The van der Waals surface area contributed by atoms with Gasteiger partial charge in [0, 0.05) is 34.1 Å². The van der Waals surface area contributed by atoms with Crippen molar-refractivity contribution in [1.82, 2.24) is 5.32 Å². The molecule has 0 amide bonds. The summed E-state index contributed by atoms with van der Waals surface area (Å²) in [4.78, 5) is 0. The molecule has 1 rings (SSSR count). The first-order valence-electron chi connectivity index (χ1n) is 4.92. The molecule has 0 heterocycles. The largest absolute Gasteiger partial charge is 0.311 e. The van der Waals surface area contributed by atoms with E-state index in [4.69, 9.17) is 34.8 Å². The Morgan fingerprint density at radius 3 is 2.40 bits per heavy atom. The zero-order valence-corrected chi connectivity index (χ0v) is 10.8. The number of hydrogen-bond acceptors (Lipinski definition) is 1. The van der Waals surface area contributed by atoms with Crippen LogP contribution < -0.4 is 5.32 Å². The van der Waals surface area contributed by atoms with Gasteiger partial charge in [-0.3, -0.25) is 0 Å². The fourth-order valence-electron chi connectivity index (χ4n) is 1.20. The van der Waals surface area contributed by atoms with Crippen LogP contribution in [0, 0.1) is 0 Å². The second-order valence-electron chi connectivity index (χ2n) is 3.34. The van der Waals surface area contributed by atoms with Crippen molar-refractivity contribution >= 4 is 34.8 Å². The maximum Gasteiger partial charge on any atom is 0.0465 e. The summed E-state index contributed by atoms with van der Waals surface area (Å²) >= 11 is 18.0. The summed E-state index contributed by atoms with van der Waals surface area (Å²) in [6.45, 7) is 3.48. The Balaban J connectivity index is 2.50. The van der Waals surface area contributed by atoms with Crippen molar-refractivity contribution < 1.29 is 0 Å². The van der Waals surface area contributed by atoms with E-state index in [1.54, 1.807) is 0 Å². The highest BCUT2D eigenvalue weighted by Crippen LogP contribution is 2.23. The predicted octanol–water partition coefficient (Wildman–Crippen LogP) is 4.10. The number of alkyl halides is 1. The van der Waals surface area contributed by atoms with Crippen LogP contribution in [0.4, 0.5) is 0 Å². The molecule has 0 aliphatic rings. The van der Waals surface area contributed by atoms with Crippen molar-refractivity contribution in [2.75, 3.05) is 6.54 Å². The standard InChI is InChI=1S/C11H14Cl3N/c1-2-8(12)6-15-7-9-10(13)4-3-5-11(9)14/h3-5,8,15H,2,6-7H2,1H3. The molecule has 0 aliphatic carbocycles. The van der Waals surface area contributed by atoms with Gasteiger partial charge in [0.25, 0.3) is 0 Å². The Bertz CT molecular complexity index is 294. The van der Waals surface area contributed by atoms with Crippen molar-refractivity contribution in [3.63, 3.8) is 0 Å². The molecule has 1 atom stereocenters. The van der Waals surface area contributed by atoms with Crippen LogP contribution in [0.25, 0.3) is 0 Å². The van der Waals surface area contributed by atoms with Crippen LogP contribution in [0.15, 0.2) is 18.2 Å². The van der Waals surface area contributed by atoms with Gasteiger partial charge in [-0.25, -0.2) is 0 Å². The normalized spacial score (nSPS) is 12.8. The van der Waals surface area contributed by atoms with E-state index >= 15 is 0 Å². The van der Waals surface area contributed by atoms with Crippen LogP contribution in [0.5, 0.6) is 0 Å². The first-order valence-corrected chi connectivity index (χ1v) is 6.12. The Kier molecular flexibility index (Phi) is 5.77. The smallest absolute Gasteiger partial charge is 0.0465 e. The molecule has 0 saturated carbocycles. The molecule has 84 valence electrons. The number of benzene rings is 1. The van der Waals surface area contributed by atoms with E-state index in [2.05, 4.69) is 12.2 Å². The molecule has 0 aromatic heterocycles. The molecular weight excluding hydrogens is 252 g/mol. The minimum absolute atomic E-state index is 0.159. The summed E-state index contributed by atoms with van der Waals surface area (Å²) < 4.78 is 0. The monoisotopic (exact) mass is 265 g/mol. The second-order valence-corrected chi connectivity index (χ2v) is 4.77. The third-order valence-corrected chi connectivity index (χ3v) is 3.34. The summed E-state index contributed by atoms with van der Waals surface area (Å²) in [5, 5.41) is 4.78. The quantitative estimate of drug-likeness (QED) is 0.791. The van der Waals surface area contributed by atoms with Gasteiger partial charge in [-0.05, 0) is 18.6 Å². The van der Waals surface area contributed by atoms with E-state index in [1.165, 1.54) is 0 Å². The number of hydrogen-bond donors (Lipinski definition) is 1. The zero-order chi connectivity index (χ0) is 11.3. The lowest BCUT2D eigenvalue weighted by Gasteiger charge is -2.10. The van der Waals surface area contributed by atoms with Crippen LogP contribution in [0.3, 0.4) is 0 Å². The maximum absolute atomic E-state index is 6.02. The molecule has 0 fully saturated rings. The minimum Gasteiger partial charge on any atom is -0.311 e. The third-order valence-electron chi connectivity index (χ3n) is 2.17. The van der Waals surface area contributed by atoms with Crippen molar-refractivity contribution in [2.24, 2.45) is 0 Å². The lowest BCUT2D eigenvalue weighted by molar-refractivity contribution is 0.647. The summed E-state index contributed by atoms with van der Waals surface area (Å²) in [6.07, 6.45) is 0.949. The Morgan fingerprint density at radius 2 is 1.87 bits per heavy atom. The van der Waals surface area contributed by atoms with Crippen molar-refractivity contribution in [2.45, 2.75) is 25.3 Å². The average Bonchev–Trinajstić information content (AvgIpc) is 2.22. The molecule has 1 N–H and O–H groups in total. The molecule has 4 heteroatoms. The number of nitrogens with one attached hydrogen (secondary N) is 1. The highest BCUT2D eigenvalue weighted by molar-refractivity contribution is 6.35. The molecule has 0 saturated heterocycles. The topological polar surface area (TPSA) is 12.0 Å². The Morgan fingerprint density at radius 1 is 1.27 bits per heavy atom. The summed E-state index contributed by atoms with van der Waals surface area (Å²) in [5.74, 6) is 0. The van der Waals surface area contributed by atoms with E-state index in [0.717, 1.165) is 18.5 Å². The second kappa shape index (κ2) is 6.59. The zero-order valence-electron chi connectivity index (χ0n) is 8.56. The van der Waals surface area contributed by atoms with E-state index in [-0.39, 0.29) is 5.38 Å². The van der Waals surface area contributed by atoms with Crippen LogP contribution >= 0.6 is 34.8 Å². The van der Waals surface area contributed by atoms with Gasteiger partial charge in [0.15, 0.2) is 0 Å². The van der Waals surface area contributed by atoms with Crippen molar-refractivity contribution in [3.8, 4) is 0 Å². The van der Waals surface area contributed by atoms with E-state index in [9.17, 15) is 0 Å². The minimum atomic E-state index is 0.159. The summed E-state index contributed by atoms with van der Waals surface area (Å²) in [6, 6.07) is 5.51. The van der Waals surface area contributed by atoms with E-state index < -0.39 is 0 Å².